The van der Waals surface area contributed by atoms with Gasteiger partial charge in [0.15, 0.2) is 0 Å². The van der Waals surface area contributed by atoms with Crippen LogP contribution in [0.5, 0.6) is 0 Å². The molecule has 1 saturated heterocycles. The Morgan fingerprint density at radius 2 is 2.00 bits per heavy atom. The van der Waals surface area contributed by atoms with Crippen LogP contribution >= 0.6 is 0 Å². The second-order valence-electron chi connectivity index (χ2n) is 6.17. The molecule has 27 heavy (non-hydrogen) atoms. The summed E-state index contributed by atoms with van der Waals surface area (Å²) in [6.45, 7) is 5.25. The average molecular weight is 366 g/mol. The van der Waals surface area contributed by atoms with Crippen molar-refractivity contribution in [2.45, 2.75) is 20.5 Å². The molecule has 1 aromatic carbocycles. The summed E-state index contributed by atoms with van der Waals surface area (Å²) in [4.78, 5) is 36.9. The van der Waals surface area contributed by atoms with E-state index in [9.17, 15) is 9.59 Å². The normalized spacial score (nSPS) is 15.9. The molecule has 0 bridgehead atoms. The number of piperazine rings is 1. The van der Waals surface area contributed by atoms with Crippen LogP contribution in [-0.2, 0) is 16.1 Å². The molecule has 0 radical (unpaired) electrons. The van der Waals surface area contributed by atoms with E-state index in [1.807, 2.05) is 44.2 Å². The van der Waals surface area contributed by atoms with Crippen LogP contribution in [0.1, 0.15) is 18.1 Å². The fourth-order valence-corrected chi connectivity index (χ4v) is 2.78. The summed E-state index contributed by atoms with van der Waals surface area (Å²) in [7, 11) is 0. The predicted molar refractivity (Wildman–Crippen MR) is 102 cm³/mol. The number of likely N-dealkylation sites (N-methyl/N-ethyl adjacent to an activating group) is 1. The molecule has 2 heterocycles. The van der Waals surface area contributed by atoms with Crippen LogP contribution in [-0.4, -0.2) is 52.3 Å². The number of hydrogen-bond acceptors (Lipinski definition) is 5. The number of carbonyl (C=O) groups excluding carboxylic acids is 2. The fourth-order valence-electron chi connectivity index (χ4n) is 2.78. The van der Waals surface area contributed by atoms with Gasteiger partial charge >= 0.3 is 6.09 Å². The van der Waals surface area contributed by atoms with Crippen LogP contribution in [0.2, 0.25) is 0 Å². The Morgan fingerprint density at radius 3 is 2.70 bits per heavy atom. The summed E-state index contributed by atoms with van der Waals surface area (Å²) in [5, 5.41) is 0. The van der Waals surface area contributed by atoms with Crippen LogP contribution in [0.15, 0.2) is 53.8 Å². The summed E-state index contributed by atoms with van der Waals surface area (Å²) >= 11 is 0. The van der Waals surface area contributed by atoms with Gasteiger partial charge in [-0.3, -0.25) is 14.7 Å². The van der Waals surface area contributed by atoms with Gasteiger partial charge in [-0.25, -0.2) is 9.79 Å². The molecule has 2 aromatic rings. The summed E-state index contributed by atoms with van der Waals surface area (Å²) in [5.41, 5.74) is 2.31. The van der Waals surface area contributed by atoms with Crippen molar-refractivity contribution in [2.24, 2.45) is 4.99 Å². The number of carbonyl (C=O) groups is 2. The third-order valence-electron chi connectivity index (χ3n) is 4.35. The van der Waals surface area contributed by atoms with E-state index in [1.165, 1.54) is 4.90 Å². The third kappa shape index (κ3) is 4.31. The topological polar surface area (TPSA) is 75.1 Å². The molecule has 1 aliphatic heterocycles. The number of hydrogen-bond donors (Lipinski definition) is 0. The number of pyridine rings is 1. The van der Waals surface area contributed by atoms with Gasteiger partial charge in [0.05, 0.1) is 5.69 Å². The van der Waals surface area contributed by atoms with Crippen molar-refractivity contribution in [2.75, 3.05) is 19.6 Å². The summed E-state index contributed by atoms with van der Waals surface area (Å²) in [6, 6.07) is 11.1. The van der Waals surface area contributed by atoms with Gasteiger partial charge in [0.25, 0.3) is 5.91 Å². The molecule has 0 atom stereocenters. The number of amides is 2. The van der Waals surface area contributed by atoms with Gasteiger partial charge in [-0.2, -0.15) is 0 Å². The number of nitrogens with zero attached hydrogens (tertiary/aromatic N) is 4. The highest BCUT2D eigenvalue weighted by Gasteiger charge is 2.34. The zero-order chi connectivity index (χ0) is 19.2. The Bertz CT molecular complexity index is 851. The Balaban J connectivity index is 1.84. The average Bonchev–Trinajstić information content (AvgIpc) is 2.70. The summed E-state index contributed by atoms with van der Waals surface area (Å²) < 4.78 is 5.41. The maximum atomic E-state index is 12.8. The van der Waals surface area contributed by atoms with Gasteiger partial charge in [-0.15, -0.1) is 0 Å². The Morgan fingerprint density at radius 1 is 1.22 bits per heavy atom. The van der Waals surface area contributed by atoms with E-state index < -0.39 is 6.09 Å². The summed E-state index contributed by atoms with van der Waals surface area (Å²) in [5.74, 6) is -0.202. The number of aryl methyl sites for hydroxylation is 1. The van der Waals surface area contributed by atoms with Crippen molar-refractivity contribution >= 4 is 23.5 Å². The Kier molecular flexibility index (Phi) is 5.80. The van der Waals surface area contributed by atoms with E-state index in [0.29, 0.717) is 25.3 Å². The lowest BCUT2D eigenvalue weighted by Gasteiger charge is -2.33. The minimum atomic E-state index is -0.576. The first-order valence-corrected chi connectivity index (χ1v) is 8.87. The molecule has 1 fully saturated rings. The van der Waals surface area contributed by atoms with Crippen LogP contribution in [0.25, 0.3) is 0 Å². The van der Waals surface area contributed by atoms with Crippen LogP contribution < -0.4 is 0 Å². The quantitative estimate of drug-likeness (QED) is 0.834. The number of benzene rings is 1. The molecule has 2 amide bonds. The third-order valence-corrected chi connectivity index (χ3v) is 4.35. The molecule has 0 spiro atoms. The minimum absolute atomic E-state index is 0.0791. The van der Waals surface area contributed by atoms with Crippen molar-refractivity contribution in [3.63, 3.8) is 0 Å². The smallest absolute Gasteiger partial charge is 0.416 e. The maximum Gasteiger partial charge on any atom is 0.416 e. The largest absolute Gasteiger partial charge is 0.444 e. The van der Waals surface area contributed by atoms with Crippen molar-refractivity contribution in [1.82, 2.24) is 14.8 Å². The first-order valence-electron chi connectivity index (χ1n) is 8.87. The highest BCUT2D eigenvalue weighted by Crippen LogP contribution is 2.19. The number of rotatable bonds is 4. The Labute approximate surface area is 158 Å². The first-order chi connectivity index (χ1) is 13.1. The molecule has 1 aromatic heterocycles. The van der Waals surface area contributed by atoms with Crippen molar-refractivity contribution < 1.29 is 14.3 Å². The molecular formula is C20H22N4O3. The standard InChI is InChI=1S/C20H22N4O3/c1-3-23-11-12-24(20(26)27-14-16-7-5-4-6-8-16)18(19(23)25)22-17-9-10-21-13-15(17)2/h4-10,13H,3,11-12,14H2,1-2H3. The Hall–Kier alpha value is -3.22. The lowest BCUT2D eigenvalue weighted by Crippen LogP contribution is -2.56. The van der Waals surface area contributed by atoms with Gasteiger partial charge in [0.1, 0.15) is 6.61 Å². The second-order valence-corrected chi connectivity index (χ2v) is 6.17. The van der Waals surface area contributed by atoms with Crippen LogP contribution in [0.4, 0.5) is 10.5 Å². The number of aromatic nitrogens is 1. The van der Waals surface area contributed by atoms with Gasteiger partial charge < -0.3 is 9.64 Å². The molecule has 140 valence electrons. The van der Waals surface area contributed by atoms with E-state index in [1.54, 1.807) is 23.4 Å². The van der Waals surface area contributed by atoms with Crippen molar-refractivity contribution in [3.8, 4) is 0 Å². The van der Waals surface area contributed by atoms with Gasteiger partial charge in [0.2, 0.25) is 5.84 Å². The summed E-state index contributed by atoms with van der Waals surface area (Å²) in [6.07, 6.45) is 2.70. The van der Waals surface area contributed by atoms with E-state index in [-0.39, 0.29) is 18.3 Å². The molecular weight excluding hydrogens is 344 g/mol. The molecule has 0 N–H and O–H groups in total. The molecule has 0 aliphatic carbocycles. The van der Waals surface area contributed by atoms with E-state index in [4.69, 9.17) is 4.74 Å². The zero-order valence-electron chi connectivity index (χ0n) is 15.5. The van der Waals surface area contributed by atoms with E-state index in [0.717, 1.165) is 11.1 Å². The number of ether oxygens (including phenoxy) is 1. The van der Waals surface area contributed by atoms with Gasteiger partial charge in [-0.05, 0) is 31.0 Å². The zero-order valence-corrected chi connectivity index (χ0v) is 15.5. The minimum Gasteiger partial charge on any atom is -0.444 e. The molecule has 3 rings (SSSR count). The van der Waals surface area contributed by atoms with E-state index in [2.05, 4.69) is 9.98 Å². The maximum absolute atomic E-state index is 12.8. The van der Waals surface area contributed by atoms with Crippen molar-refractivity contribution in [3.05, 3.63) is 59.9 Å². The lowest BCUT2D eigenvalue weighted by molar-refractivity contribution is -0.126. The molecule has 7 nitrogen and oxygen atoms in total. The number of aliphatic imine (C=N–C) groups is 1. The predicted octanol–water partition coefficient (Wildman–Crippen LogP) is 2.92. The van der Waals surface area contributed by atoms with Gasteiger partial charge in [0, 0.05) is 32.0 Å². The fraction of sp³-hybridized carbons (Fsp3) is 0.300. The molecule has 1 aliphatic rings. The lowest BCUT2D eigenvalue weighted by atomic mass is 10.2. The molecule has 0 unspecified atom stereocenters. The monoisotopic (exact) mass is 366 g/mol. The SMILES string of the molecule is CCN1CCN(C(=O)OCc2ccccc2)C(=Nc2ccncc2C)C1=O. The first kappa shape index (κ1) is 18.6. The van der Waals surface area contributed by atoms with Crippen molar-refractivity contribution in [1.29, 1.82) is 0 Å². The number of amidine groups is 1. The highest BCUT2D eigenvalue weighted by molar-refractivity contribution is 6.40. The molecule has 7 heteroatoms. The van der Waals surface area contributed by atoms with Crippen LogP contribution in [0.3, 0.4) is 0 Å². The van der Waals surface area contributed by atoms with E-state index >= 15 is 0 Å². The molecule has 0 saturated carbocycles. The van der Waals surface area contributed by atoms with Gasteiger partial charge in [-0.1, -0.05) is 30.3 Å². The highest BCUT2D eigenvalue weighted by atomic mass is 16.6. The van der Waals surface area contributed by atoms with Crippen LogP contribution in [0, 0.1) is 6.92 Å². The second kappa shape index (κ2) is 8.44.